The van der Waals surface area contributed by atoms with E-state index < -0.39 is 60.2 Å². The zero-order chi connectivity index (χ0) is 30.6. The van der Waals surface area contributed by atoms with E-state index in [0.717, 1.165) is 0 Å². The summed E-state index contributed by atoms with van der Waals surface area (Å²) in [7, 11) is 0. The molecule has 2 bridgehead atoms. The summed E-state index contributed by atoms with van der Waals surface area (Å²) in [6.45, 7) is 12.9. The number of rotatable bonds is 14. The van der Waals surface area contributed by atoms with Crippen molar-refractivity contribution in [2.45, 2.75) is 82.4 Å². The molecule has 0 radical (unpaired) electrons. The smallest absolute Gasteiger partial charge is 0.312 e. The summed E-state index contributed by atoms with van der Waals surface area (Å²) in [5, 5.41) is 13.3. The molecule has 1 aromatic rings. The Morgan fingerprint density at radius 3 is 2.55 bits per heavy atom. The maximum absolute atomic E-state index is 14.4. The standard InChI is InChI=1S/C32H43N3O7/c1-6-8-14-25(37)33-18-21(5)41-31(40)26-24-15-16-32(42-24)27(26)29(38)35(23(19-36)22-12-10-9-11-13-22)28(32)30(39)34(17-7-2)20(3)4/h6-7,9-13,20-21,23-24,26-28,36H,1-2,8,14-19H2,3-5H3,(H,33,37)/t21-,23-,24+,26-,27-,28+,32-/m1/s1. The topological polar surface area (TPSA) is 125 Å². The molecule has 42 heavy (non-hydrogen) atoms. The normalized spacial score (nSPS) is 27.4. The summed E-state index contributed by atoms with van der Waals surface area (Å²) in [6, 6.07) is 7.03. The number of ether oxygens (including phenoxy) is 2. The van der Waals surface area contributed by atoms with Crippen LogP contribution in [0.25, 0.3) is 0 Å². The Kier molecular flexibility index (Phi) is 9.89. The highest BCUT2D eigenvalue weighted by Gasteiger charge is 2.75. The number of hydrogen-bond acceptors (Lipinski definition) is 7. The molecule has 10 nitrogen and oxygen atoms in total. The Morgan fingerprint density at radius 1 is 1.21 bits per heavy atom. The molecule has 0 aromatic heterocycles. The van der Waals surface area contributed by atoms with E-state index in [2.05, 4.69) is 18.5 Å². The maximum atomic E-state index is 14.4. The lowest BCUT2D eigenvalue weighted by molar-refractivity contribution is -0.160. The lowest BCUT2D eigenvalue weighted by Gasteiger charge is -2.40. The number of hydrogen-bond donors (Lipinski definition) is 2. The van der Waals surface area contributed by atoms with Crippen LogP contribution in [0.3, 0.4) is 0 Å². The molecule has 2 N–H and O–H groups in total. The van der Waals surface area contributed by atoms with Gasteiger partial charge in [0.1, 0.15) is 17.7 Å². The molecule has 10 heteroatoms. The van der Waals surface area contributed by atoms with Gasteiger partial charge >= 0.3 is 5.97 Å². The number of fused-ring (bicyclic) bond motifs is 1. The van der Waals surface area contributed by atoms with Gasteiger partial charge in [0.25, 0.3) is 0 Å². The van der Waals surface area contributed by atoms with E-state index in [1.807, 2.05) is 32.0 Å². The van der Waals surface area contributed by atoms with Crippen molar-refractivity contribution >= 4 is 23.7 Å². The van der Waals surface area contributed by atoms with Crippen molar-refractivity contribution in [1.29, 1.82) is 0 Å². The van der Waals surface area contributed by atoms with E-state index in [1.54, 1.807) is 36.1 Å². The van der Waals surface area contributed by atoms with Crippen LogP contribution in [0.5, 0.6) is 0 Å². The first kappa shape index (κ1) is 31.4. The van der Waals surface area contributed by atoms with Gasteiger partial charge in [0, 0.05) is 19.0 Å². The number of amides is 3. The van der Waals surface area contributed by atoms with Crippen molar-refractivity contribution < 1.29 is 33.8 Å². The van der Waals surface area contributed by atoms with Crippen LogP contribution in [-0.4, -0.2) is 88.2 Å². The largest absolute Gasteiger partial charge is 0.460 e. The Balaban J connectivity index is 1.66. The number of carbonyl (C=O) groups excluding carboxylic acids is 4. The van der Waals surface area contributed by atoms with Crippen LogP contribution in [0.4, 0.5) is 0 Å². The molecule has 228 valence electrons. The number of allylic oxidation sites excluding steroid dienone is 1. The Morgan fingerprint density at radius 2 is 1.93 bits per heavy atom. The summed E-state index contributed by atoms with van der Waals surface area (Å²) in [4.78, 5) is 57.5. The lowest BCUT2D eigenvalue weighted by Crippen LogP contribution is -2.58. The summed E-state index contributed by atoms with van der Waals surface area (Å²) in [5.41, 5.74) is -0.557. The third-order valence-electron chi connectivity index (χ3n) is 8.65. The van der Waals surface area contributed by atoms with Crippen molar-refractivity contribution in [3.8, 4) is 0 Å². The predicted octanol–water partition coefficient (Wildman–Crippen LogP) is 2.53. The molecule has 3 heterocycles. The molecule has 1 aromatic carbocycles. The average Bonchev–Trinajstić information content (AvgIpc) is 3.62. The first-order valence-electron chi connectivity index (χ1n) is 14.8. The van der Waals surface area contributed by atoms with E-state index in [1.165, 1.54) is 4.90 Å². The Hall–Kier alpha value is -3.50. The molecule has 0 aliphatic carbocycles. The van der Waals surface area contributed by atoms with Crippen LogP contribution in [-0.2, 0) is 28.7 Å². The van der Waals surface area contributed by atoms with E-state index >= 15 is 0 Å². The number of nitrogens with one attached hydrogen (secondary N) is 1. The molecule has 3 aliphatic rings. The minimum Gasteiger partial charge on any atom is -0.460 e. The van der Waals surface area contributed by atoms with Gasteiger partial charge < -0.3 is 29.7 Å². The fourth-order valence-electron chi connectivity index (χ4n) is 6.75. The van der Waals surface area contributed by atoms with E-state index in [-0.39, 0.29) is 30.9 Å². The van der Waals surface area contributed by atoms with E-state index in [0.29, 0.717) is 31.2 Å². The van der Waals surface area contributed by atoms with Gasteiger partial charge in [-0.05, 0) is 45.6 Å². The number of nitrogens with zero attached hydrogens (tertiary/aromatic N) is 2. The fraction of sp³-hybridized carbons (Fsp3) is 0.562. The first-order valence-corrected chi connectivity index (χ1v) is 14.8. The SMILES string of the molecule is C=CCCC(=O)NC[C@@H](C)OC(=O)[C@@H]1[C@@H]2CC[C@]3(O2)[C@H](C(=O)N(CC=C)C(C)C)N([C@H](CO)c2ccccc2)C(=O)[C@@H]13. The molecular weight excluding hydrogens is 538 g/mol. The van der Waals surface area contributed by atoms with Gasteiger partial charge in [-0.2, -0.15) is 0 Å². The van der Waals surface area contributed by atoms with Crippen LogP contribution in [0.1, 0.15) is 58.1 Å². The molecule has 0 unspecified atom stereocenters. The van der Waals surface area contributed by atoms with Gasteiger partial charge in [-0.25, -0.2) is 0 Å². The number of likely N-dealkylation sites (tertiary alicyclic amines) is 1. The monoisotopic (exact) mass is 581 g/mol. The van der Waals surface area contributed by atoms with Gasteiger partial charge in [0.05, 0.1) is 37.1 Å². The van der Waals surface area contributed by atoms with Crippen molar-refractivity contribution in [1.82, 2.24) is 15.1 Å². The van der Waals surface area contributed by atoms with Crippen molar-refractivity contribution in [2.75, 3.05) is 19.7 Å². The molecule has 3 fully saturated rings. The predicted molar refractivity (Wildman–Crippen MR) is 156 cm³/mol. The zero-order valence-electron chi connectivity index (χ0n) is 24.7. The van der Waals surface area contributed by atoms with Crippen molar-refractivity contribution in [2.24, 2.45) is 11.8 Å². The molecule has 4 rings (SSSR count). The zero-order valence-corrected chi connectivity index (χ0v) is 24.7. The fourth-order valence-corrected chi connectivity index (χ4v) is 6.75. The van der Waals surface area contributed by atoms with Crippen molar-refractivity contribution in [3.63, 3.8) is 0 Å². The molecule has 3 amide bonds. The van der Waals surface area contributed by atoms with Crippen LogP contribution < -0.4 is 5.32 Å². The Labute approximate surface area is 247 Å². The first-order chi connectivity index (χ1) is 20.1. The molecule has 3 saturated heterocycles. The van der Waals surface area contributed by atoms with E-state index in [9.17, 15) is 24.3 Å². The molecule has 3 aliphatic heterocycles. The third kappa shape index (κ3) is 5.74. The molecule has 1 spiro atoms. The van der Waals surface area contributed by atoms with E-state index in [4.69, 9.17) is 9.47 Å². The van der Waals surface area contributed by atoms with Crippen LogP contribution in [0.2, 0.25) is 0 Å². The van der Waals surface area contributed by atoms with Crippen LogP contribution in [0, 0.1) is 11.8 Å². The van der Waals surface area contributed by atoms with Gasteiger partial charge in [0.2, 0.25) is 17.7 Å². The summed E-state index contributed by atoms with van der Waals surface area (Å²) in [6.07, 6.45) is 3.84. The molecule has 0 saturated carbocycles. The van der Waals surface area contributed by atoms with Crippen LogP contribution in [0.15, 0.2) is 55.6 Å². The highest BCUT2D eigenvalue weighted by molar-refractivity contribution is 5.98. The lowest BCUT2D eigenvalue weighted by atomic mass is 9.70. The maximum Gasteiger partial charge on any atom is 0.312 e. The second kappa shape index (κ2) is 13.2. The minimum absolute atomic E-state index is 0.127. The van der Waals surface area contributed by atoms with Crippen LogP contribution >= 0.6 is 0 Å². The van der Waals surface area contributed by atoms with Gasteiger partial charge in [-0.15, -0.1) is 13.2 Å². The quantitative estimate of drug-likeness (QED) is 0.256. The van der Waals surface area contributed by atoms with Crippen molar-refractivity contribution in [3.05, 3.63) is 61.2 Å². The summed E-state index contributed by atoms with van der Waals surface area (Å²) >= 11 is 0. The minimum atomic E-state index is -1.23. The third-order valence-corrected chi connectivity index (χ3v) is 8.65. The summed E-state index contributed by atoms with van der Waals surface area (Å²) in [5.74, 6) is -3.33. The number of aliphatic hydroxyl groups is 1. The second-order valence-corrected chi connectivity index (χ2v) is 11.7. The summed E-state index contributed by atoms with van der Waals surface area (Å²) < 4.78 is 12.3. The number of benzene rings is 1. The molecule has 7 atom stereocenters. The Bertz CT molecular complexity index is 1190. The van der Waals surface area contributed by atoms with Gasteiger partial charge in [-0.3, -0.25) is 19.2 Å². The number of aliphatic hydroxyl groups excluding tert-OH is 1. The number of esters is 1. The second-order valence-electron chi connectivity index (χ2n) is 11.7. The van der Waals surface area contributed by atoms with Gasteiger partial charge in [-0.1, -0.05) is 42.5 Å². The van der Waals surface area contributed by atoms with Gasteiger partial charge in [0.15, 0.2) is 0 Å². The highest BCUT2D eigenvalue weighted by Crippen LogP contribution is 2.60. The molecular formula is C32H43N3O7. The highest BCUT2D eigenvalue weighted by atomic mass is 16.6. The average molecular weight is 582 g/mol. The number of carbonyl (C=O) groups is 4.